The van der Waals surface area contributed by atoms with E-state index in [1.165, 1.54) is 0 Å². The molecule has 3 rings (SSSR count). The van der Waals surface area contributed by atoms with Crippen LogP contribution < -0.4 is 5.32 Å². The highest BCUT2D eigenvalue weighted by Crippen LogP contribution is 2.31. The fourth-order valence-corrected chi connectivity index (χ4v) is 2.04. The Bertz CT molecular complexity index is 573. The zero-order valence-electron chi connectivity index (χ0n) is 9.22. The van der Waals surface area contributed by atoms with Crippen LogP contribution in [-0.2, 0) is 0 Å². The Hall–Kier alpha value is -2.29. The van der Waals surface area contributed by atoms with Crippen LogP contribution in [0.1, 0.15) is 11.1 Å². The first kappa shape index (κ1) is 9.90. The van der Waals surface area contributed by atoms with Crippen LogP contribution in [-0.4, -0.2) is 16.6 Å². The van der Waals surface area contributed by atoms with E-state index < -0.39 is 0 Å². The van der Waals surface area contributed by atoms with Crippen molar-refractivity contribution in [3.05, 3.63) is 59.8 Å². The monoisotopic (exact) mass is 224 g/mol. The molecule has 3 nitrogen and oxygen atoms in total. The number of rotatable bonds is 1. The number of nitrogens with zero attached hydrogens (tertiary/aromatic N) is 1. The van der Waals surface area contributed by atoms with Crippen LogP contribution in [0.15, 0.2) is 48.7 Å². The van der Waals surface area contributed by atoms with E-state index >= 15 is 0 Å². The van der Waals surface area contributed by atoms with Crippen LogP contribution in [0.2, 0.25) is 0 Å². The molecule has 2 aromatic rings. The third-order valence-corrected chi connectivity index (χ3v) is 2.85. The number of nitrogens with one attached hydrogen (secondary N) is 1. The second-order valence-electron chi connectivity index (χ2n) is 3.95. The third kappa shape index (κ3) is 1.76. The highest BCUT2D eigenvalue weighted by molar-refractivity contribution is 5.87. The molecule has 0 unspecified atom stereocenters. The molecule has 0 saturated carbocycles. The van der Waals surface area contributed by atoms with E-state index in [0.29, 0.717) is 0 Å². The number of pyridine rings is 1. The quantitative estimate of drug-likeness (QED) is 0.782. The van der Waals surface area contributed by atoms with Gasteiger partial charge in [-0.15, -0.1) is 0 Å². The number of benzene rings is 1. The summed E-state index contributed by atoms with van der Waals surface area (Å²) in [6, 6.07) is 11.2. The van der Waals surface area contributed by atoms with Gasteiger partial charge in [-0.05, 0) is 35.4 Å². The molecule has 1 aromatic heterocycles. The second-order valence-corrected chi connectivity index (χ2v) is 3.95. The molecule has 0 radical (unpaired) electrons. The molecule has 0 aliphatic carbocycles. The first-order valence-corrected chi connectivity index (χ1v) is 5.53. The standard InChI is InChI=1S/C14H12N2O/c17-11-5-3-10(4-6-11)12-7-9-16-14-13(12)2-1-8-15-14/h1-8,17H,9H2,(H,15,16). The molecule has 0 fully saturated rings. The minimum absolute atomic E-state index is 0.287. The lowest BCUT2D eigenvalue weighted by Crippen LogP contribution is -2.10. The normalized spacial score (nSPS) is 13.5. The molecule has 1 aliphatic heterocycles. The van der Waals surface area contributed by atoms with Crippen molar-refractivity contribution in [2.75, 3.05) is 11.9 Å². The number of hydrogen-bond acceptors (Lipinski definition) is 3. The topological polar surface area (TPSA) is 45.1 Å². The van der Waals surface area contributed by atoms with Gasteiger partial charge in [0.1, 0.15) is 11.6 Å². The Kier molecular flexibility index (Phi) is 2.29. The molecule has 84 valence electrons. The minimum atomic E-state index is 0.287. The number of aromatic nitrogens is 1. The minimum Gasteiger partial charge on any atom is -0.508 e. The van der Waals surface area contributed by atoms with E-state index in [-0.39, 0.29) is 5.75 Å². The SMILES string of the molecule is Oc1ccc(C2=CCNc3ncccc32)cc1. The smallest absolute Gasteiger partial charge is 0.134 e. The summed E-state index contributed by atoms with van der Waals surface area (Å²) in [5.41, 5.74) is 3.36. The fraction of sp³-hybridized carbons (Fsp3) is 0.0714. The summed E-state index contributed by atoms with van der Waals surface area (Å²) in [6.07, 6.45) is 3.92. The van der Waals surface area contributed by atoms with Gasteiger partial charge in [0.25, 0.3) is 0 Å². The number of hydrogen-bond donors (Lipinski definition) is 2. The van der Waals surface area contributed by atoms with Gasteiger partial charge in [-0.1, -0.05) is 18.2 Å². The van der Waals surface area contributed by atoms with E-state index in [2.05, 4.69) is 16.4 Å². The van der Waals surface area contributed by atoms with Crippen LogP contribution in [0.5, 0.6) is 5.75 Å². The van der Waals surface area contributed by atoms with Crippen molar-refractivity contribution in [3.8, 4) is 5.75 Å². The predicted octanol–water partition coefficient (Wildman–Crippen LogP) is 2.64. The molecule has 2 heterocycles. The summed E-state index contributed by atoms with van der Waals surface area (Å²) in [4.78, 5) is 4.31. The lowest BCUT2D eigenvalue weighted by atomic mass is 9.96. The number of phenols is 1. The van der Waals surface area contributed by atoms with E-state index in [9.17, 15) is 5.11 Å². The molecule has 1 aromatic carbocycles. The van der Waals surface area contributed by atoms with Crippen molar-refractivity contribution in [2.45, 2.75) is 0 Å². The third-order valence-electron chi connectivity index (χ3n) is 2.85. The van der Waals surface area contributed by atoms with Gasteiger partial charge in [-0.3, -0.25) is 0 Å². The van der Waals surface area contributed by atoms with E-state index in [1.54, 1.807) is 18.3 Å². The lowest BCUT2D eigenvalue weighted by Gasteiger charge is -2.18. The van der Waals surface area contributed by atoms with Gasteiger partial charge in [-0.25, -0.2) is 4.98 Å². The average molecular weight is 224 g/mol. The Balaban J connectivity index is 2.09. The first-order chi connectivity index (χ1) is 8.34. The van der Waals surface area contributed by atoms with Gasteiger partial charge >= 0.3 is 0 Å². The fourth-order valence-electron chi connectivity index (χ4n) is 2.04. The average Bonchev–Trinajstić information content (AvgIpc) is 2.39. The van der Waals surface area contributed by atoms with Crippen molar-refractivity contribution in [1.82, 2.24) is 4.98 Å². The second kappa shape index (κ2) is 3.94. The van der Waals surface area contributed by atoms with Crippen molar-refractivity contribution in [2.24, 2.45) is 0 Å². The zero-order chi connectivity index (χ0) is 11.7. The van der Waals surface area contributed by atoms with Crippen LogP contribution in [0.3, 0.4) is 0 Å². The van der Waals surface area contributed by atoms with Gasteiger partial charge in [0.2, 0.25) is 0 Å². The molecule has 2 N–H and O–H groups in total. The van der Waals surface area contributed by atoms with Gasteiger partial charge in [0.15, 0.2) is 0 Å². The summed E-state index contributed by atoms with van der Waals surface area (Å²) >= 11 is 0. The highest BCUT2D eigenvalue weighted by Gasteiger charge is 2.13. The summed E-state index contributed by atoms with van der Waals surface area (Å²) in [6.45, 7) is 0.778. The van der Waals surface area contributed by atoms with E-state index in [4.69, 9.17) is 0 Å². The number of phenolic OH excluding ortho intramolecular Hbond substituents is 1. The van der Waals surface area contributed by atoms with Crippen molar-refractivity contribution in [3.63, 3.8) is 0 Å². The molecular weight excluding hydrogens is 212 g/mol. The largest absolute Gasteiger partial charge is 0.508 e. The van der Waals surface area contributed by atoms with Gasteiger partial charge in [0, 0.05) is 18.3 Å². The van der Waals surface area contributed by atoms with Crippen LogP contribution >= 0.6 is 0 Å². The van der Waals surface area contributed by atoms with E-state index in [1.807, 2.05) is 24.3 Å². The van der Waals surface area contributed by atoms with E-state index in [0.717, 1.165) is 29.1 Å². The van der Waals surface area contributed by atoms with Gasteiger partial charge in [0.05, 0.1) is 0 Å². The number of anilines is 1. The first-order valence-electron chi connectivity index (χ1n) is 5.53. The summed E-state index contributed by atoms with van der Waals surface area (Å²) in [5.74, 6) is 1.20. The van der Waals surface area contributed by atoms with Crippen molar-refractivity contribution in [1.29, 1.82) is 0 Å². The maximum atomic E-state index is 9.31. The molecule has 0 spiro atoms. The Labute approximate surface area is 99.5 Å². The Morgan fingerprint density at radius 3 is 2.76 bits per heavy atom. The molecular formula is C14H12N2O. The van der Waals surface area contributed by atoms with Crippen molar-refractivity contribution >= 4 is 11.4 Å². The molecule has 0 bridgehead atoms. The molecule has 17 heavy (non-hydrogen) atoms. The maximum absolute atomic E-state index is 9.31. The lowest BCUT2D eigenvalue weighted by molar-refractivity contribution is 0.475. The van der Waals surface area contributed by atoms with Crippen molar-refractivity contribution < 1.29 is 5.11 Å². The van der Waals surface area contributed by atoms with Gasteiger partial charge < -0.3 is 10.4 Å². The highest BCUT2D eigenvalue weighted by atomic mass is 16.3. The number of fused-ring (bicyclic) bond motifs is 1. The van der Waals surface area contributed by atoms with Crippen LogP contribution in [0.4, 0.5) is 5.82 Å². The summed E-state index contributed by atoms with van der Waals surface area (Å²) in [5, 5.41) is 12.5. The number of aromatic hydroxyl groups is 1. The maximum Gasteiger partial charge on any atom is 0.134 e. The zero-order valence-corrected chi connectivity index (χ0v) is 9.22. The summed E-state index contributed by atoms with van der Waals surface area (Å²) in [7, 11) is 0. The Morgan fingerprint density at radius 1 is 1.12 bits per heavy atom. The molecule has 1 aliphatic rings. The predicted molar refractivity (Wildman–Crippen MR) is 67.9 cm³/mol. The molecule has 3 heteroatoms. The van der Waals surface area contributed by atoms with Crippen LogP contribution in [0, 0.1) is 0 Å². The molecule has 0 amide bonds. The summed E-state index contributed by atoms with van der Waals surface area (Å²) < 4.78 is 0. The molecule has 0 atom stereocenters. The molecule has 0 saturated heterocycles. The Morgan fingerprint density at radius 2 is 1.94 bits per heavy atom. The van der Waals surface area contributed by atoms with Gasteiger partial charge in [-0.2, -0.15) is 0 Å². The van der Waals surface area contributed by atoms with Crippen LogP contribution in [0.25, 0.3) is 5.57 Å².